The van der Waals surface area contributed by atoms with Gasteiger partial charge in [0.1, 0.15) is 28.7 Å². The number of benzene rings is 1. The minimum atomic E-state index is -3.90. The first-order chi connectivity index (χ1) is 19.2. The Morgan fingerprint density at radius 3 is 2.55 bits per heavy atom. The predicted octanol–water partition coefficient (Wildman–Crippen LogP) is 2.21. The zero-order valence-electron chi connectivity index (χ0n) is 22.5. The van der Waals surface area contributed by atoms with Crippen molar-refractivity contribution < 1.29 is 27.0 Å². The molecule has 13 nitrogen and oxygen atoms in total. The zero-order chi connectivity index (χ0) is 28.4. The molecule has 0 aliphatic carbocycles. The molecule has 0 spiro atoms. The van der Waals surface area contributed by atoms with Gasteiger partial charge in [-0.25, -0.2) is 28.3 Å². The van der Waals surface area contributed by atoms with Crippen LogP contribution in [-0.2, 0) is 21.5 Å². The quantitative estimate of drug-likeness (QED) is 0.293. The van der Waals surface area contributed by atoms with Crippen molar-refractivity contribution in [3.63, 3.8) is 0 Å². The molecule has 1 aromatic carbocycles. The third kappa shape index (κ3) is 5.22. The zero-order valence-corrected chi connectivity index (χ0v) is 23.3. The van der Waals surface area contributed by atoms with Gasteiger partial charge in [-0.15, -0.1) is 0 Å². The second-order valence-electron chi connectivity index (χ2n) is 9.02. The predicted molar refractivity (Wildman–Crippen MR) is 146 cm³/mol. The number of pyridine rings is 1. The van der Waals surface area contributed by atoms with Crippen molar-refractivity contribution in [1.82, 2.24) is 28.2 Å². The van der Waals surface area contributed by atoms with E-state index < -0.39 is 16.0 Å². The van der Waals surface area contributed by atoms with Gasteiger partial charge < -0.3 is 24.0 Å². The summed E-state index contributed by atoms with van der Waals surface area (Å²) in [5, 5.41) is 0. The van der Waals surface area contributed by atoms with E-state index in [0.29, 0.717) is 49.0 Å². The summed E-state index contributed by atoms with van der Waals surface area (Å²) in [6, 6.07) is 6.28. The van der Waals surface area contributed by atoms with Gasteiger partial charge in [0.25, 0.3) is 0 Å². The molecule has 1 aliphatic rings. The highest BCUT2D eigenvalue weighted by molar-refractivity contribution is 7.87. The van der Waals surface area contributed by atoms with E-state index in [9.17, 15) is 8.42 Å². The molecular weight excluding hydrogens is 543 g/mol. The van der Waals surface area contributed by atoms with Crippen LogP contribution in [-0.4, -0.2) is 91.2 Å². The van der Waals surface area contributed by atoms with Crippen molar-refractivity contribution in [2.75, 3.05) is 64.4 Å². The Hall–Kier alpha value is -4.08. The third-order valence-corrected chi connectivity index (χ3v) is 8.17. The SMILES string of the molecule is COc1cc(OC)c(F)c(N(Cc2nccn2S(=O)(=O)N(C)C)c2ccc3ncc(N4CCOCC4)nc3n2)c1. The first kappa shape index (κ1) is 27.5. The van der Waals surface area contributed by atoms with E-state index in [4.69, 9.17) is 24.2 Å². The first-order valence-corrected chi connectivity index (χ1v) is 13.7. The minimum absolute atomic E-state index is 0.0390. The summed E-state index contributed by atoms with van der Waals surface area (Å²) in [5.41, 5.74) is 0.921. The minimum Gasteiger partial charge on any atom is -0.497 e. The summed E-state index contributed by atoms with van der Waals surface area (Å²) >= 11 is 0. The number of halogens is 1. The maximum Gasteiger partial charge on any atom is 0.308 e. The standard InChI is InChI=1S/C25H29FN8O5S/c1-31(2)40(35,36)34-8-7-27-23(34)16-33(19-13-17(37-3)14-20(38-4)24(19)26)21-6-5-18-25(29-21)30-22(15-28-18)32-9-11-39-12-10-32/h5-8,13-15H,9-12,16H2,1-4H3. The summed E-state index contributed by atoms with van der Waals surface area (Å²) in [7, 11) is 1.73. The number of anilines is 3. The molecule has 4 aromatic rings. The number of rotatable bonds is 9. The van der Waals surface area contributed by atoms with Crippen LogP contribution in [0.4, 0.5) is 21.7 Å². The molecule has 0 atom stereocenters. The van der Waals surface area contributed by atoms with Gasteiger partial charge in [0.2, 0.25) is 0 Å². The molecule has 1 saturated heterocycles. The summed E-state index contributed by atoms with van der Waals surface area (Å²) in [6.45, 7) is 2.34. The molecule has 15 heteroatoms. The Bertz CT molecular complexity index is 1630. The molecule has 0 unspecified atom stereocenters. The van der Waals surface area contributed by atoms with Gasteiger partial charge in [0, 0.05) is 51.7 Å². The van der Waals surface area contributed by atoms with E-state index in [2.05, 4.69) is 14.9 Å². The maximum absolute atomic E-state index is 15.8. The van der Waals surface area contributed by atoms with E-state index >= 15 is 4.39 Å². The number of aromatic nitrogens is 5. The van der Waals surface area contributed by atoms with Crippen LogP contribution in [0.5, 0.6) is 11.5 Å². The fourth-order valence-corrected chi connectivity index (χ4v) is 5.18. The van der Waals surface area contributed by atoms with Crippen LogP contribution in [0.25, 0.3) is 11.2 Å². The van der Waals surface area contributed by atoms with E-state index in [1.165, 1.54) is 57.7 Å². The Kier molecular flexibility index (Phi) is 7.69. The Labute approximate surface area is 230 Å². The Morgan fingerprint density at radius 1 is 1.07 bits per heavy atom. The molecule has 1 aliphatic heterocycles. The molecule has 0 N–H and O–H groups in total. The summed E-state index contributed by atoms with van der Waals surface area (Å²) in [4.78, 5) is 21.7. The normalized spacial score (nSPS) is 14.1. The Morgan fingerprint density at radius 2 is 1.85 bits per heavy atom. The van der Waals surface area contributed by atoms with Gasteiger partial charge in [-0.2, -0.15) is 12.7 Å². The van der Waals surface area contributed by atoms with Crippen LogP contribution < -0.4 is 19.3 Å². The summed E-state index contributed by atoms with van der Waals surface area (Å²) in [5.74, 6) is 0.647. The fraction of sp³-hybridized carbons (Fsp3) is 0.360. The van der Waals surface area contributed by atoms with Gasteiger partial charge in [-0.1, -0.05) is 0 Å². The van der Waals surface area contributed by atoms with E-state index in [1.54, 1.807) is 18.3 Å². The number of ether oxygens (including phenoxy) is 3. The van der Waals surface area contributed by atoms with Crippen molar-refractivity contribution in [2.45, 2.75) is 6.54 Å². The van der Waals surface area contributed by atoms with Crippen molar-refractivity contribution in [1.29, 1.82) is 0 Å². The van der Waals surface area contributed by atoms with Crippen LogP contribution in [0.3, 0.4) is 0 Å². The third-order valence-electron chi connectivity index (χ3n) is 6.42. The van der Waals surface area contributed by atoms with Crippen LogP contribution in [0.1, 0.15) is 5.82 Å². The molecule has 3 aromatic heterocycles. The lowest BCUT2D eigenvalue weighted by Gasteiger charge is -2.28. The number of nitrogens with zero attached hydrogens (tertiary/aromatic N) is 8. The van der Waals surface area contributed by atoms with Crippen LogP contribution in [0, 0.1) is 5.82 Å². The number of fused-ring (bicyclic) bond motifs is 1. The molecule has 212 valence electrons. The number of imidazole rings is 1. The lowest BCUT2D eigenvalue weighted by molar-refractivity contribution is 0.122. The van der Waals surface area contributed by atoms with E-state index in [-0.39, 0.29) is 29.6 Å². The molecular formula is C25H29FN8O5S. The van der Waals surface area contributed by atoms with Gasteiger partial charge >= 0.3 is 10.2 Å². The van der Waals surface area contributed by atoms with Crippen molar-refractivity contribution in [2.24, 2.45) is 0 Å². The number of methoxy groups -OCH3 is 2. The fourth-order valence-electron chi connectivity index (χ4n) is 4.25. The first-order valence-electron chi connectivity index (χ1n) is 12.3. The van der Waals surface area contributed by atoms with Gasteiger partial charge in [-0.3, -0.25) is 0 Å². The van der Waals surface area contributed by atoms with Gasteiger partial charge in [-0.05, 0) is 12.1 Å². The molecule has 4 heterocycles. The molecule has 40 heavy (non-hydrogen) atoms. The van der Waals surface area contributed by atoms with E-state index in [0.717, 1.165) is 8.28 Å². The van der Waals surface area contributed by atoms with Gasteiger partial charge in [0.05, 0.1) is 45.9 Å². The van der Waals surface area contributed by atoms with E-state index in [1.807, 2.05) is 0 Å². The molecule has 0 amide bonds. The van der Waals surface area contributed by atoms with Crippen LogP contribution in [0.2, 0.25) is 0 Å². The number of hydrogen-bond acceptors (Lipinski definition) is 11. The average Bonchev–Trinajstić information content (AvgIpc) is 3.45. The second kappa shape index (κ2) is 11.2. The second-order valence-corrected chi connectivity index (χ2v) is 11.0. The number of hydrogen-bond donors (Lipinski definition) is 0. The lowest BCUT2D eigenvalue weighted by atomic mass is 10.2. The average molecular weight is 573 g/mol. The topological polar surface area (TPSA) is 128 Å². The summed E-state index contributed by atoms with van der Waals surface area (Å²) < 4.78 is 59.9. The Balaban J connectivity index is 1.65. The smallest absolute Gasteiger partial charge is 0.308 e. The number of morpholine rings is 1. The monoisotopic (exact) mass is 572 g/mol. The highest BCUT2D eigenvalue weighted by Gasteiger charge is 2.26. The molecule has 1 fully saturated rings. The maximum atomic E-state index is 15.8. The van der Waals surface area contributed by atoms with Crippen LogP contribution >= 0.6 is 0 Å². The highest BCUT2D eigenvalue weighted by atomic mass is 32.2. The van der Waals surface area contributed by atoms with Crippen molar-refractivity contribution >= 4 is 38.7 Å². The summed E-state index contributed by atoms with van der Waals surface area (Å²) in [6.07, 6.45) is 4.38. The molecule has 0 bridgehead atoms. The van der Waals surface area contributed by atoms with Crippen LogP contribution in [0.15, 0.2) is 42.9 Å². The highest BCUT2D eigenvalue weighted by Crippen LogP contribution is 2.37. The van der Waals surface area contributed by atoms with Crippen molar-refractivity contribution in [3.8, 4) is 11.5 Å². The molecule has 0 saturated carbocycles. The van der Waals surface area contributed by atoms with Crippen molar-refractivity contribution in [3.05, 3.63) is 54.5 Å². The van der Waals surface area contributed by atoms with Gasteiger partial charge in [0.15, 0.2) is 17.2 Å². The molecule has 0 radical (unpaired) electrons. The largest absolute Gasteiger partial charge is 0.497 e. The molecule has 5 rings (SSSR count). The lowest BCUT2D eigenvalue weighted by Crippen LogP contribution is -2.36.